The summed E-state index contributed by atoms with van der Waals surface area (Å²) < 4.78 is 6.34. The second-order valence-corrected chi connectivity index (χ2v) is 6.51. The lowest BCUT2D eigenvalue weighted by molar-refractivity contribution is -0.142. The first kappa shape index (κ1) is 19.6. The van der Waals surface area contributed by atoms with E-state index in [2.05, 4.69) is 15.0 Å². The molecule has 1 unspecified atom stereocenters. The summed E-state index contributed by atoms with van der Waals surface area (Å²) in [4.78, 5) is 34.3. The van der Waals surface area contributed by atoms with Gasteiger partial charge in [0, 0.05) is 36.3 Å². The molecule has 2 heterocycles. The molecule has 0 saturated heterocycles. The van der Waals surface area contributed by atoms with Crippen molar-refractivity contribution in [1.82, 2.24) is 14.5 Å². The average molecular weight is 400 g/mol. The highest BCUT2D eigenvalue weighted by Gasteiger charge is 2.20. The molecule has 0 aliphatic rings. The number of carbonyl (C=O) groups is 1. The molecular weight excluding hydrogens is 380 g/mol. The quantitative estimate of drug-likeness (QED) is 0.334. The van der Waals surface area contributed by atoms with Crippen LogP contribution >= 0.6 is 12.2 Å². The predicted octanol–water partition coefficient (Wildman–Crippen LogP) is 2.32. The number of esters is 1. The normalized spacial score (nSPS) is 12.5. The number of aromatic hydroxyl groups is 1. The number of aromatic nitrogens is 3. The summed E-state index contributed by atoms with van der Waals surface area (Å²) in [6.07, 6.45) is 3.28. The van der Waals surface area contributed by atoms with Crippen LogP contribution in [0.2, 0.25) is 0 Å². The highest BCUT2D eigenvalue weighted by Crippen LogP contribution is 2.20. The second kappa shape index (κ2) is 8.22. The number of ether oxygens (including phenoxy) is 1. The Morgan fingerprint density at radius 2 is 2.18 bits per heavy atom. The van der Waals surface area contributed by atoms with Crippen LogP contribution in [0.3, 0.4) is 0 Å². The molecule has 0 saturated carbocycles. The van der Waals surface area contributed by atoms with E-state index >= 15 is 0 Å². The molecule has 1 atom stereocenters. The third kappa shape index (κ3) is 3.74. The van der Waals surface area contributed by atoms with Crippen molar-refractivity contribution in [2.24, 2.45) is 4.99 Å². The van der Waals surface area contributed by atoms with Gasteiger partial charge in [0.25, 0.3) is 5.56 Å². The van der Waals surface area contributed by atoms with E-state index in [0.717, 1.165) is 16.5 Å². The molecule has 0 spiro atoms. The standard InChI is InChI=1S/C19H20N4O4S/c1-3-23-17(25)13(16(24)22-19(23)28)10-21-15(18(26)27-2)8-11-9-20-14-7-5-4-6-12(11)14/h4-7,9-10,15,20,25H,3,8H2,1-2H3,(H,22,24,28). The van der Waals surface area contributed by atoms with E-state index < -0.39 is 17.6 Å². The molecule has 3 rings (SSSR count). The molecule has 9 heteroatoms. The Morgan fingerprint density at radius 1 is 1.43 bits per heavy atom. The molecule has 0 radical (unpaired) electrons. The van der Waals surface area contributed by atoms with Gasteiger partial charge in [0.2, 0.25) is 5.88 Å². The van der Waals surface area contributed by atoms with E-state index in [1.807, 2.05) is 30.5 Å². The maximum absolute atomic E-state index is 12.2. The topological polar surface area (TPSA) is 112 Å². The van der Waals surface area contributed by atoms with Crippen molar-refractivity contribution >= 4 is 35.3 Å². The summed E-state index contributed by atoms with van der Waals surface area (Å²) in [6, 6.07) is 6.84. The lowest BCUT2D eigenvalue weighted by atomic mass is 10.1. The van der Waals surface area contributed by atoms with Gasteiger partial charge in [-0.3, -0.25) is 19.3 Å². The number of aromatic amines is 2. The Labute approximate surface area is 165 Å². The first-order valence-corrected chi connectivity index (χ1v) is 9.09. The van der Waals surface area contributed by atoms with Crippen molar-refractivity contribution in [2.45, 2.75) is 25.9 Å². The summed E-state index contributed by atoms with van der Waals surface area (Å²) in [7, 11) is 1.28. The number of aliphatic imine (C=N–C) groups is 1. The van der Waals surface area contributed by atoms with Crippen LogP contribution in [0.1, 0.15) is 18.1 Å². The Bertz CT molecular complexity index is 1160. The number of hydrogen-bond donors (Lipinski definition) is 3. The first-order chi connectivity index (χ1) is 13.5. The van der Waals surface area contributed by atoms with E-state index in [-0.39, 0.29) is 22.6 Å². The van der Waals surface area contributed by atoms with Crippen molar-refractivity contribution in [3.8, 4) is 5.88 Å². The summed E-state index contributed by atoms with van der Waals surface area (Å²) in [5, 5.41) is 11.3. The minimum atomic E-state index is -0.874. The van der Waals surface area contributed by atoms with Gasteiger partial charge in [-0.2, -0.15) is 0 Å². The van der Waals surface area contributed by atoms with Gasteiger partial charge >= 0.3 is 5.97 Å². The van der Waals surface area contributed by atoms with Crippen LogP contribution < -0.4 is 5.56 Å². The number of fused-ring (bicyclic) bond motifs is 1. The number of hydrogen-bond acceptors (Lipinski definition) is 6. The minimum Gasteiger partial charge on any atom is -0.494 e. The molecule has 0 bridgehead atoms. The molecule has 3 N–H and O–H groups in total. The van der Waals surface area contributed by atoms with Crippen LogP contribution in [0.15, 0.2) is 40.2 Å². The Morgan fingerprint density at radius 3 is 2.89 bits per heavy atom. The van der Waals surface area contributed by atoms with Gasteiger partial charge in [0.15, 0.2) is 10.8 Å². The number of nitrogens with one attached hydrogen (secondary N) is 2. The zero-order valence-corrected chi connectivity index (χ0v) is 16.2. The van der Waals surface area contributed by atoms with E-state index in [4.69, 9.17) is 17.0 Å². The number of H-pyrrole nitrogens is 2. The van der Waals surface area contributed by atoms with E-state index in [9.17, 15) is 14.7 Å². The molecular formula is C19H20N4O4S. The van der Waals surface area contributed by atoms with Crippen LogP contribution in [0.25, 0.3) is 10.9 Å². The van der Waals surface area contributed by atoms with Crippen LogP contribution in [0, 0.1) is 4.77 Å². The van der Waals surface area contributed by atoms with Gasteiger partial charge in [-0.1, -0.05) is 18.2 Å². The fourth-order valence-corrected chi connectivity index (χ4v) is 3.30. The van der Waals surface area contributed by atoms with Gasteiger partial charge in [-0.25, -0.2) is 4.79 Å². The lowest BCUT2D eigenvalue weighted by Crippen LogP contribution is -2.24. The molecule has 3 aromatic rings. The summed E-state index contributed by atoms with van der Waals surface area (Å²) >= 11 is 5.03. The van der Waals surface area contributed by atoms with Gasteiger partial charge in [-0.05, 0) is 30.8 Å². The van der Waals surface area contributed by atoms with Crippen LogP contribution in [0.4, 0.5) is 0 Å². The first-order valence-electron chi connectivity index (χ1n) is 8.68. The summed E-state index contributed by atoms with van der Waals surface area (Å²) in [5.41, 5.74) is 1.20. The molecule has 2 aromatic heterocycles. The Hall–Kier alpha value is -3.20. The molecule has 0 aliphatic carbocycles. The number of nitrogens with zero attached hydrogens (tertiary/aromatic N) is 2. The number of benzene rings is 1. The molecule has 146 valence electrons. The van der Waals surface area contributed by atoms with Crippen LogP contribution in [-0.2, 0) is 22.5 Å². The largest absolute Gasteiger partial charge is 0.494 e. The molecule has 0 fully saturated rings. The SMILES string of the molecule is CCn1c(O)c(C=NC(Cc2c[nH]c3ccccc23)C(=O)OC)c(=O)[nH]c1=S. The van der Waals surface area contributed by atoms with Gasteiger partial charge in [-0.15, -0.1) is 0 Å². The Kier molecular flexibility index (Phi) is 5.74. The zero-order chi connectivity index (χ0) is 20.3. The lowest BCUT2D eigenvalue weighted by Gasteiger charge is -2.11. The molecule has 0 amide bonds. The zero-order valence-electron chi connectivity index (χ0n) is 15.4. The van der Waals surface area contributed by atoms with Gasteiger partial charge in [0.1, 0.15) is 5.56 Å². The van der Waals surface area contributed by atoms with Crippen molar-refractivity contribution < 1.29 is 14.6 Å². The molecule has 0 aliphatic heterocycles. The fourth-order valence-electron chi connectivity index (χ4n) is 2.99. The number of methoxy groups -OCH3 is 1. The maximum Gasteiger partial charge on any atom is 0.330 e. The van der Waals surface area contributed by atoms with Crippen LogP contribution in [0.5, 0.6) is 5.88 Å². The van der Waals surface area contributed by atoms with Crippen molar-refractivity contribution in [1.29, 1.82) is 0 Å². The Balaban J connectivity index is 1.97. The molecule has 1 aromatic carbocycles. The predicted molar refractivity (Wildman–Crippen MR) is 109 cm³/mol. The number of rotatable bonds is 6. The highest BCUT2D eigenvalue weighted by molar-refractivity contribution is 7.71. The van der Waals surface area contributed by atoms with Crippen molar-refractivity contribution in [3.63, 3.8) is 0 Å². The van der Waals surface area contributed by atoms with E-state index in [1.165, 1.54) is 17.9 Å². The highest BCUT2D eigenvalue weighted by atomic mass is 32.1. The maximum atomic E-state index is 12.2. The van der Waals surface area contributed by atoms with Crippen molar-refractivity contribution in [3.05, 3.63) is 56.7 Å². The second-order valence-electron chi connectivity index (χ2n) is 6.12. The number of para-hydroxylation sites is 1. The monoisotopic (exact) mass is 400 g/mol. The van der Waals surface area contributed by atoms with Crippen LogP contribution in [-0.4, -0.2) is 45.0 Å². The third-order valence-electron chi connectivity index (χ3n) is 4.47. The summed E-state index contributed by atoms with van der Waals surface area (Å²) in [6.45, 7) is 2.15. The molecule has 28 heavy (non-hydrogen) atoms. The van der Waals surface area contributed by atoms with Gasteiger partial charge in [0.05, 0.1) is 7.11 Å². The summed E-state index contributed by atoms with van der Waals surface area (Å²) in [5.74, 6) is -0.837. The van der Waals surface area contributed by atoms with Crippen molar-refractivity contribution in [2.75, 3.05) is 7.11 Å². The van der Waals surface area contributed by atoms with Gasteiger partial charge < -0.3 is 14.8 Å². The third-order valence-corrected chi connectivity index (χ3v) is 4.79. The molecule has 8 nitrogen and oxygen atoms in total. The smallest absolute Gasteiger partial charge is 0.330 e. The number of carbonyl (C=O) groups excluding carboxylic acids is 1. The van der Waals surface area contributed by atoms with E-state index in [0.29, 0.717) is 6.54 Å². The minimum absolute atomic E-state index is 0.0664. The average Bonchev–Trinajstić information content (AvgIpc) is 3.09. The fraction of sp³-hybridized carbons (Fsp3) is 0.263. The van der Waals surface area contributed by atoms with E-state index in [1.54, 1.807) is 6.92 Å².